The van der Waals surface area contributed by atoms with Crippen LogP contribution < -0.4 is 10.1 Å². The van der Waals surface area contributed by atoms with Crippen molar-refractivity contribution in [2.45, 2.75) is 25.4 Å². The lowest BCUT2D eigenvalue weighted by Crippen LogP contribution is -2.34. The van der Waals surface area contributed by atoms with Gasteiger partial charge in [-0.2, -0.15) is 23.3 Å². The van der Waals surface area contributed by atoms with Gasteiger partial charge in [0.1, 0.15) is 12.8 Å². The van der Waals surface area contributed by atoms with Crippen molar-refractivity contribution < 1.29 is 31.6 Å². The predicted octanol–water partition coefficient (Wildman–Crippen LogP) is 3.90. The van der Waals surface area contributed by atoms with Crippen molar-refractivity contribution in [2.75, 3.05) is 26.2 Å². The molecule has 0 saturated carbocycles. The number of rotatable bonds is 9. The molecular weight excluding hydrogens is 534 g/mol. The van der Waals surface area contributed by atoms with Gasteiger partial charge in [-0.05, 0) is 24.6 Å². The van der Waals surface area contributed by atoms with Crippen molar-refractivity contribution in [1.82, 2.24) is 35.1 Å². The molecule has 0 spiro atoms. The van der Waals surface area contributed by atoms with E-state index in [1.165, 1.54) is 10.9 Å². The predicted molar refractivity (Wildman–Crippen MR) is 134 cm³/mol. The first kappa shape index (κ1) is 27.2. The van der Waals surface area contributed by atoms with Gasteiger partial charge >= 0.3 is 6.18 Å². The van der Waals surface area contributed by atoms with Crippen molar-refractivity contribution in [3.63, 3.8) is 0 Å². The first-order valence-corrected chi connectivity index (χ1v) is 12.4. The summed E-state index contributed by atoms with van der Waals surface area (Å²) in [7, 11) is 1.67. The van der Waals surface area contributed by atoms with Gasteiger partial charge in [0, 0.05) is 56.6 Å². The number of aryl methyl sites for hydroxylation is 1. The highest BCUT2D eigenvalue weighted by molar-refractivity contribution is 5.95. The van der Waals surface area contributed by atoms with Crippen LogP contribution in [0.15, 0.2) is 53.3 Å². The van der Waals surface area contributed by atoms with Crippen LogP contribution in [-0.2, 0) is 19.8 Å². The fraction of sp³-hybridized carbons (Fsp3) is 0.346. The molecule has 40 heavy (non-hydrogen) atoms. The van der Waals surface area contributed by atoms with E-state index in [1.807, 2.05) is 4.90 Å². The summed E-state index contributed by atoms with van der Waals surface area (Å²) >= 11 is 0. The summed E-state index contributed by atoms with van der Waals surface area (Å²) in [5.41, 5.74) is 1.09. The second kappa shape index (κ2) is 11.4. The molecule has 0 unspecified atom stereocenters. The lowest BCUT2D eigenvalue weighted by atomic mass is 10.1. The molecule has 5 rings (SSSR count). The molecule has 3 aromatic heterocycles. The van der Waals surface area contributed by atoms with Crippen LogP contribution in [0.4, 0.5) is 17.6 Å². The van der Waals surface area contributed by atoms with Gasteiger partial charge in [-0.25, -0.2) is 9.37 Å². The van der Waals surface area contributed by atoms with E-state index < -0.39 is 17.9 Å². The summed E-state index contributed by atoms with van der Waals surface area (Å²) in [5.74, 6) is 0.128. The van der Waals surface area contributed by atoms with Crippen molar-refractivity contribution in [2.24, 2.45) is 7.05 Å². The Balaban J connectivity index is 1.24. The Hall–Kier alpha value is -4.33. The number of ether oxygens (including phenoxy) is 1. The molecule has 14 heteroatoms. The fourth-order valence-electron chi connectivity index (χ4n) is 4.26. The summed E-state index contributed by atoms with van der Waals surface area (Å²) in [6.07, 6.45) is -2.57. The number of halogens is 4. The molecule has 0 bridgehead atoms. The molecule has 1 amide bonds. The monoisotopic (exact) mass is 559 g/mol. The molecule has 4 aromatic rings. The Labute approximate surface area is 226 Å². The second-order valence-corrected chi connectivity index (χ2v) is 9.25. The van der Waals surface area contributed by atoms with Crippen LogP contribution in [0.5, 0.6) is 5.88 Å². The van der Waals surface area contributed by atoms with E-state index in [2.05, 4.69) is 25.5 Å². The number of carbonyl (C=O) groups is 1. The number of hydrogen-bond donors (Lipinski definition) is 1. The number of benzene rings is 1. The summed E-state index contributed by atoms with van der Waals surface area (Å²) in [5, 5.41) is 11.1. The zero-order valence-electron chi connectivity index (χ0n) is 21.4. The summed E-state index contributed by atoms with van der Waals surface area (Å²) < 4.78 is 64.2. The number of alkyl halides is 4. The molecule has 4 heterocycles. The third kappa shape index (κ3) is 6.28. The number of carbonyl (C=O) groups excluding carboxylic acids is 1. The van der Waals surface area contributed by atoms with Gasteiger partial charge in [0.25, 0.3) is 11.8 Å². The zero-order valence-corrected chi connectivity index (χ0v) is 21.4. The molecule has 1 N–H and O–H groups in total. The van der Waals surface area contributed by atoms with Gasteiger partial charge in [-0.3, -0.25) is 14.4 Å². The fourth-order valence-corrected chi connectivity index (χ4v) is 4.26. The van der Waals surface area contributed by atoms with Gasteiger partial charge in [0.15, 0.2) is 0 Å². The van der Waals surface area contributed by atoms with Crippen LogP contribution in [0, 0.1) is 0 Å². The van der Waals surface area contributed by atoms with E-state index in [-0.39, 0.29) is 30.1 Å². The van der Waals surface area contributed by atoms with Gasteiger partial charge in [-0.1, -0.05) is 17.3 Å². The van der Waals surface area contributed by atoms with Crippen LogP contribution in [0.1, 0.15) is 28.0 Å². The molecule has 0 aliphatic carbocycles. The normalized spacial score (nSPS) is 15.9. The summed E-state index contributed by atoms with van der Waals surface area (Å²) in [4.78, 5) is 22.8. The molecule has 0 radical (unpaired) electrons. The Bertz CT molecular complexity index is 1470. The molecule has 1 aromatic carbocycles. The van der Waals surface area contributed by atoms with E-state index in [0.717, 1.165) is 12.1 Å². The smallest absolute Gasteiger partial charge is 0.417 e. The average molecular weight is 560 g/mol. The van der Waals surface area contributed by atoms with E-state index in [1.54, 1.807) is 31.3 Å². The maximum atomic E-state index is 13.3. The van der Waals surface area contributed by atoms with Gasteiger partial charge in [0.2, 0.25) is 11.7 Å². The van der Waals surface area contributed by atoms with E-state index >= 15 is 0 Å². The number of aromatic nitrogens is 5. The zero-order chi connectivity index (χ0) is 28.3. The standard InChI is InChI=1S/C26H25F4N7O3/c1-36-21(15-39-22-6-5-18(12-32-22)26(28,29)30)20(13-33-36)25-34-23(35-40-25)16-3-2-4-17(11-16)24(38)31-8-10-37-9-7-19(27)14-37/h2-6,11-13,19H,7-10,14-15H2,1H3,(H,31,38)/t19-/m0/s1. The van der Waals surface area contributed by atoms with Gasteiger partial charge in [-0.15, -0.1) is 0 Å². The minimum absolute atomic E-state index is 0.00787. The first-order chi connectivity index (χ1) is 19.2. The highest BCUT2D eigenvalue weighted by atomic mass is 19.4. The molecule has 1 aliphatic rings. The number of hydrogen-bond acceptors (Lipinski definition) is 8. The minimum atomic E-state index is -4.49. The molecule has 1 atom stereocenters. The van der Waals surface area contributed by atoms with Crippen LogP contribution in [0.25, 0.3) is 22.8 Å². The maximum absolute atomic E-state index is 13.3. The number of nitrogens with zero attached hydrogens (tertiary/aromatic N) is 6. The van der Waals surface area contributed by atoms with Crippen LogP contribution in [-0.4, -0.2) is 68.1 Å². The Morgan fingerprint density at radius 1 is 1.23 bits per heavy atom. The number of pyridine rings is 1. The van der Waals surface area contributed by atoms with Crippen molar-refractivity contribution in [1.29, 1.82) is 0 Å². The number of likely N-dealkylation sites (tertiary alicyclic amines) is 1. The molecule has 1 aliphatic heterocycles. The van der Waals surface area contributed by atoms with E-state index in [0.29, 0.717) is 61.2 Å². The van der Waals surface area contributed by atoms with Crippen molar-refractivity contribution in [3.8, 4) is 28.7 Å². The highest BCUT2D eigenvalue weighted by Crippen LogP contribution is 2.30. The van der Waals surface area contributed by atoms with Crippen LogP contribution >= 0.6 is 0 Å². The Morgan fingerprint density at radius 3 is 2.80 bits per heavy atom. The highest BCUT2D eigenvalue weighted by Gasteiger charge is 2.30. The molecule has 210 valence electrons. The SMILES string of the molecule is Cn1ncc(-c2nc(-c3cccc(C(=O)NCCN4CC[C@H](F)C4)c3)no2)c1COc1ccc(C(F)(F)F)cn1. The van der Waals surface area contributed by atoms with Crippen LogP contribution in [0.3, 0.4) is 0 Å². The lowest BCUT2D eigenvalue weighted by Gasteiger charge is -2.14. The molecule has 1 saturated heterocycles. The van der Waals surface area contributed by atoms with E-state index in [4.69, 9.17) is 9.26 Å². The van der Waals surface area contributed by atoms with Crippen molar-refractivity contribution >= 4 is 5.91 Å². The Morgan fingerprint density at radius 2 is 2.08 bits per heavy atom. The van der Waals surface area contributed by atoms with Crippen molar-refractivity contribution in [3.05, 3.63) is 65.6 Å². The Kier molecular flexibility index (Phi) is 7.78. The largest absolute Gasteiger partial charge is 0.471 e. The first-order valence-electron chi connectivity index (χ1n) is 12.4. The second-order valence-electron chi connectivity index (χ2n) is 9.25. The summed E-state index contributed by atoms with van der Waals surface area (Å²) in [6.45, 7) is 1.98. The van der Waals surface area contributed by atoms with Gasteiger partial charge in [0.05, 0.1) is 23.0 Å². The molecular formula is C26H25F4N7O3. The van der Waals surface area contributed by atoms with E-state index in [9.17, 15) is 22.4 Å². The van der Waals surface area contributed by atoms with Gasteiger partial charge < -0.3 is 14.6 Å². The topological polar surface area (TPSA) is 111 Å². The third-order valence-electron chi connectivity index (χ3n) is 6.45. The molecule has 1 fully saturated rings. The maximum Gasteiger partial charge on any atom is 0.417 e. The summed E-state index contributed by atoms with van der Waals surface area (Å²) in [6, 6.07) is 8.77. The molecule has 10 nitrogen and oxygen atoms in total. The van der Waals surface area contributed by atoms with Crippen LogP contribution in [0.2, 0.25) is 0 Å². The minimum Gasteiger partial charge on any atom is -0.471 e. The quantitative estimate of drug-likeness (QED) is 0.308. The lowest BCUT2D eigenvalue weighted by molar-refractivity contribution is -0.137. The average Bonchev–Trinajstić information content (AvgIpc) is 3.67. The third-order valence-corrected chi connectivity index (χ3v) is 6.45. The number of nitrogens with one attached hydrogen (secondary N) is 1. The number of amides is 1.